The smallest absolute Gasteiger partial charge is 0.329 e. The predicted octanol–water partition coefficient (Wildman–Crippen LogP) is 15.1. The zero-order chi connectivity index (χ0) is 111. The van der Waals surface area contributed by atoms with Crippen LogP contribution < -0.4 is 40.8 Å². The number of carbonyl (C=O) groups is 18. The van der Waals surface area contributed by atoms with E-state index in [1.165, 1.54) is 156 Å². The third-order valence-electron chi connectivity index (χ3n) is 19.2. The monoisotopic (exact) mass is 2170 g/mol. The quantitative estimate of drug-likeness (QED) is 0.00869. The average Bonchev–Trinajstić information content (AvgIpc) is 0.801. The van der Waals surface area contributed by atoms with Crippen molar-refractivity contribution in [1.82, 2.24) is 26.6 Å². The van der Waals surface area contributed by atoms with Crippen LogP contribution in [0.5, 0.6) is 28.7 Å². The molecule has 0 aliphatic carbocycles. The van der Waals surface area contributed by atoms with E-state index in [0.717, 1.165) is 86.7 Å². The van der Waals surface area contributed by atoms with Crippen molar-refractivity contribution in [3.05, 3.63) is 268 Å². The lowest BCUT2D eigenvalue weighted by atomic mass is 10.0. The number of amides is 5. The summed E-state index contributed by atoms with van der Waals surface area (Å²) in [4.78, 5) is 213. The van der Waals surface area contributed by atoms with E-state index in [1.54, 1.807) is 0 Å². The fraction of sp³-hybridized carbons (Fsp3) is 0.228. The number of hydrogen-bond acceptors (Lipinski definition) is 33. The van der Waals surface area contributed by atoms with Crippen molar-refractivity contribution in [2.24, 2.45) is 0 Å². The summed E-state index contributed by atoms with van der Waals surface area (Å²) in [7, 11) is 5.72. The standard InChI is InChI=1S/3C21H19F2NO6S.2C19H17F2NO5S/c3*1-11(25)24-18(20(27)29-3)10-31-21(28)16-8-13(4-7-19(16)30-12(2)26)15-6-5-14(22)9-17(15)23;2*1-10(23)22-16(18(25)27-2)9-28-19(26)14-7-11(3-6-17(14)24)13-5-4-12(20)8-15(13)21/h3*4-9,18H,10H2,1-3H3,(H,24,25);2*3-8,16,24H,9H2,1-2H3,(H,22,23)/t2*18-;;16-;/m10.1./s1. The molecule has 0 saturated carbocycles. The number of thioether (sulfide) groups is 5. The van der Waals surface area contributed by atoms with Crippen LogP contribution in [0.4, 0.5) is 43.9 Å². The third-order valence-corrected chi connectivity index (χ3v) is 24.1. The van der Waals surface area contributed by atoms with Gasteiger partial charge in [-0.05, 0) is 149 Å². The maximum absolute atomic E-state index is 14.2. The second-order valence-electron chi connectivity index (χ2n) is 30.4. The van der Waals surface area contributed by atoms with Gasteiger partial charge < -0.3 is 74.7 Å². The van der Waals surface area contributed by atoms with Crippen LogP contribution in [-0.4, -0.2) is 208 Å². The maximum atomic E-state index is 14.2. The SMILES string of the molecule is COC(=O)C(CSC(=O)c1cc(-c2ccc(F)cc2F)ccc1O)NC(C)=O.COC(=O)C(CSC(=O)c1cc(-c2ccc(F)cc2F)ccc1OC(C)=O)NC(C)=O.COC(=O)[C@@H](CSC(=O)c1cc(-c2ccc(F)cc2F)ccc1O)NC(C)=O.COC(=O)[C@@H](CSC(=O)c1cc(-c2ccc(F)cc2F)ccc1OC(C)=O)NC(C)=O.COC(=O)[C@H](CSC(=O)c1cc(-c2ccc(F)cc2F)ccc1OC(C)=O)NC(C)=O. The summed E-state index contributed by atoms with van der Waals surface area (Å²) >= 11 is 3.39. The van der Waals surface area contributed by atoms with Gasteiger partial charge in [0.05, 0.1) is 63.4 Å². The van der Waals surface area contributed by atoms with Crippen LogP contribution in [-0.2, 0) is 86.0 Å². The van der Waals surface area contributed by atoms with Gasteiger partial charge in [0.1, 0.15) is 117 Å². The number of rotatable bonds is 33. The summed E-state index contributed by atoms with van der Waals surface area (Å²) < 4.78 is 174. The normalized spacial score (nSPS) is 11.5. The molecule has 2 unspecified atom stereocenters. The number of phenolic OH excluding ortho intramolecular Hbond substituents is 2. The Morgan fingerprint density at radius 1 is 0.242 bits per heavy atom. The zero-order valence-corrected chi connectivity index (χ0v) is 84.7. The molecule has 0 fully saturated rings. The first-order valence-corrected chi connectivity index (χ1v) is 47.7. The third kappa shape index (κ3) is 38.6. The van der Waals surface area contributed by atoms with Gasteiger partial charge in [0.25, 0.3) is 0 Å². The first-order chi connectivity index (χ1) is 70.3. The average molecular weight is 2170 g/mol. The molecule has 10 rings (SSSR count). The Bertz CT molecular complexity index is 6210. The van der Waals surface area contributed by atoms with Crippen molar-refractivity contribution in [2.75, 3.05) is 64.3 Å². The highest BCUT2D eigenvalue weighted by molar-refractivity contribution is 8.15. The molecule has 0 bridgehead atoms. The number of phenols is 2. The minimum absolute atomic E-state index is 0.0421. The highest BCUT2D eigenvalue weighted by Gasteiger charge is 2.32. The van der Waals surface area contributed by atoms with Crippen LogP contribution in [0.1, 0.15) is 107 Å². The predicted molar refractivity (Wildman–Crippen MR) is 528 cm³/mol. The number of esters is 8. The molecule has 149 heavy (non-hydrogen) atoms. The molecule has 0 spiro atoms. The summed E-state index contributed by atoms with van der Waals surface area (Å²) in [6, 6.07) is 29.6. The molecule has 0 heterocycles. The molecule has 5 amide bonds. The first kappa shape index (κ1) is 122. The number of hydrogen-bond donors (Lipinski definition) is 7. The molecular weight excluding hydrogens is 2080 g/mol. The Kier molecular flexibility index (Phi) is 48.5. The van der Waals surface area contributed by atoms with Crippen molar-refractivity contribution < 1.29 is 178 Å². The summed E-state index contributed by atoms with van der Waals surface area (Å²) in [6.45, 7) is 9.52. The van der Waals surface area contributed by atoms with Crippen molar-refractivity contribution in [1.29, 1.82) is 0 Å². The fourth-order valence-corrected chi connectivity index (χ4v) is 16.9. The molecule has 0 saturated heterocycles. The Labute approximate surface area is 863 Å². The number of ether oxygens (including phenoxy) is 8. The largest absolute Gasteiger partial charge is 0.507 e. The molecule has 5 atom stereocenters. The molecule has 33 nitrogen and oxygen atoms in total. The van der Waals surface area contributed by atoms with Gasteiger partial charge in [0, 0.05) is 142 Å². The number of carbonyl (C=O) groups excluding carboxylic acids is 18. The van der Waals surface area contributed by atoms with E-state index in [0.29, 0.717) is 89.1 Å². The van der Waals surface area contributed by atoms with Crippen molar-refractivity contribution in [3.8, 4) is 84.4 Å². The number of benzene rings is 10. The van der Waals surface area contributed by atoms with E-state index in [2.05, 4.69) is 50.3 Å². The molecule has 10 aromatic rings. The molecule has 788 valence electrons. The topological polar surface area (TPSA) is 482 Å². The Morgan fingerprint density at radius 2 is 0.409 bits per heavy atom. The van der Waals surface area contributed by atoms with Crippen LogP contribution in [0.3, 0.4) is 0 Å². The lowest BCUT2D eigenvalue weighted by molar-refractivity contribution is -0.144. The minimum Gasteiger partial charge on any atom is -0.507 e. The Morgan fingerprint density at radius 3 is 0.570 bits per heavy atom. The van der Waals surface area contributed by atoms with Crippen molar-refractivity contribution >= 4 is 162 Å². The van der Waals surface area contributed by atoms with Gasteiger partial charge in [-0.2, -0.15) is 0 Å². The van der Waals surface area contributed by atoms with Gasteiger partial charge in [-0.3, -0.25) is 62.3 Å². The van der Waals surface area contributed by atoms with E-state index in [9.17, 15) is 140 Å². The second kappa shape index (κ2) is 59.2. The minimum atomic E-state index is -1.08. The number of halogens is 10. The van der Waals surface area contributed by atoms with Crippen LogP contribution in [0.15, 0.2) is 182 Å². The number of nitrogens with one attached hydrogen (secondary N) is 5. The molecule has 0 aliphatic rings. The first-order valence-electron chi connectivity index (χ1n) is 42.8. The summed E-state index contributed by atoms with van der Waals surface area (Å²) in [5.74, 6) is -17.5. The number of methoxy groups -OCH3 is 5. The maximum Gasteiger partial charge on any atom is 0.329 e. The summed E-state index contributed by atoms with van der Waals surface area (Å²) in [5, 5.41) is 28.8. The van der Waals surface area contributed by atoms with Crippen LogP contribution in [0.25, 0.3) is 55.6 Å². The van der Waals surface area contributed by atoms with E-state index in [1.807, 2.05) is 0 Å². The van der Waals surface area contributed by atoms with Gasteiger partial charge in [-0.15, -0.1) is 0 Å². The molecule has 0 aromatic heterocycles. The van der Waals surface area contributed by atoms with E-state index in [-0.39, 0.29) is 141 Å². The zero-order valence-electron chi connectivity index (χ0n) is 80.6. The van der Waals surface area contributed by atoms with Gasteiger partial charge in [-0.25, -0.2) is 67.9 Å². The lowest BCUT2D eigenvalue weighted by Crippen LogP contribution is -2.42. The summed E-state index contributed by atoms with van der Waals surface area (Å²) in [5.41, 5.74) is 1.13. The van der Waals surface area contributed by atoms with Crippen LogP contribution in [0, 0.1) is 58.2 Å². The molecule has 0 aliphatic heterocycles. The molecule has 7 N–H and O–H groups in total. The van der Waals surface area contributed by atoms with Crippen LogP contribution >= 0.6 is 58.8 Å². The Hall–Kier alpha value is -15.7. The van der Waals surface area contributed by atoms with E-state index >= 15 is 0 Å². The second-order valence-corrected chi connectivity index (χ2v) is 35.3. The van der Waals surface area contributed by atoms with Gasteiger partial charge in [-0.1, -0.05) is 89.1 Å². The molecular formula is C101H91F10N5O28S5. The lowest BCUT2D eigenvalue weighted by Gasteiger charge is -2.15. The molecule has 0 radical (unpaired) electrons. The molecule has 48 heteroatoms. The highest BCUT2D eigenvalue weighted by Crippen LogP contribution is 2.39. The highest BCUT2D eigenvalue weighted by atomic mass is 32.2. The van der Waals surface area contributed by atoms with Crippen LogP contribution in [0.2, 0.25) is 0 Å². The summed E-state index contributed by atoms with van der Waals surface area (Å²) in [6.07, 6.45) is 0. The van der Waals surface area contributed by atoms with E-state index in [4.69, 9.17) is 14.2 Å². The van der Waals surface area contributed by atoms with Gasteiger partial charge >= 0.3 is 47.8 Å². The molecule has 10 aromatic carbocycles. The van der Waals surface area contributed by atoms with Crippen molar-refractivity contribution in [3.63, 3.8) is 0 Å². The number of aromatic hydroxyl groups is 2. The van der Waals surface area contributed by atoms with Crippen molar-refractivity contribution in [2.45, 2.75) is 85.6 Å². The van der Waals surface area contributed by atoms with Gasteiger partial charge in [0.2, 0.25) is 55.1 Å². The van der Waals surface area contributed by atoms with E-state index < -0.39 is 191 Å². The Balaban J connectivity index is 0.000000284. The fourth-order valence-electron chi connectivity index (χ4n) is 12.6. The van der Waals surface area contributed by atoms with Gasteiger partial charge in [0.15, 0.2) is 0 Å².